The number of ether oxygens (including phenoxy) is 1. The molecule has 0 unspecified atom stereocenters. The number of hydrogen-bond donors (Lipinski definition) is 1. The third-order valence-corrected chi connectivity index (χ3v) is 6.11. The molecule has 2 saturated heterocycles. The molecule has 0 aliphatic carbocycles. The van der Waals surface area contributed by atoms with E-state index in [1.807, 2.05) is 6.07 Å². The summed E-state index contributed by atoms with van der Waals surface area (Å²) in [4.78, 5) is 16.1. The molecule has 0 radical (unpaired) electrons. The Bertz CT molecular complexity index is 845. The van der Waals surface area contributed by atoms with Gasteiger partial charge in [0.25, 0.3) is 0 Å². The maximum absolute atomic E-state index is 6.55. The zero-order chi connectivity index (χ0) is 21.3. The van der Waals surface area contributed by atoms with Crippen LogP contribution in [0.3, 0.4) is 0 Å². The fourth-order valence-corrected chi connectivity index (χ4v) is 4.08. The Hall–Kier alpha value is -2.38. The van der Waals surface area contributed by atoms with Gasteiger partial charge in [-0.05, 0) is 18.0 Å². The van der Waals surface area contributed by atoms with E-state index in [4.69, 9.17) is 10.5 Å². The number of benzene rings is 1. The normalized spacial score (nSPS) is 23.6. The lowest BCUT2D eigenvalue weighted by Crippen LogP contribution is -2.49. The van der Waals surface area contributed by atoms with Gasteiger partial charge in [-0.2, -0.15) is 9.97 Å². The number of nitrogen functional groups attached to an aromatic ring is 1. The zero-order valence-electron chi connectivity index (χ0n) is 18.6. The van der Waals surface area contributed by atoms with E-state index in [1.54, 1.807) is 0 Å². The molecule has 0 saturated carbocycles. The Morgan fingerprint density at radius 1 is 0.933 bits per heavy atom. The number of morpholine rings is 1. The lowest BCUT2D eigenvalue weighted by Gasteiger charge is -2.44. The molecular formula is C23H34N6O. The van der Waals surface area contributed by atoms with Crippen LogP contribution in [0, 0.1) is 5.41 Å². The van der Waals surface area contributed by atoms with E-state index in [0.29, 0.717) is 5.95 Å². The Balaban J connectivity index is 1.62. The van der Waals surface area contributed by atoms with Gasteiger partial charge in [-0.15, -0.1) is 0 Å². The summed E-state index contributed by atoms with van der Waals surface area (Å²) in [6.45, 7) is 12.2. The zero-order valence-corrected chi connectivity index (χ0v) is 18.6. The van der Waals surface area contributed by atoms with Gasteiger partial charge in [-0.25, -0.2) is 0 Å². The molecule has 162 valence electrons. The predicted octanol–water partition coefficient (Wildman–Crippen LogP) is 2.80. The second-order valence-electron chi connectivity index (χ2n) is 9.53. The number of nitrogens with zero attached hydrogens (tertiary/aromatic N) is 5. The number of nitrogens with two attached hydrogens (primary N) is 1. The molecule has 0 spiro atoms. The molecule has 4 rings (SSSR count). The first-order valence-corrected chi connectivity index (χ1v) is 10.8. The van der Waals surface area contributed by atoms with Gasteiger partial charge in [0, 0.05) is 45.3 Å². The van der Waals surface area contributed by atoms with Crippen molar-refractivity contribution >= 4 is 17.6 Å². The number of aromatic nitrogens is 2. The molecule has 2 N–H and O–H groups in total. The van der Waals surface area contributed by atoms with Crippen molar-refractivity contribution in [3.63, 3.8) is 0 Å². The highest BCUT2D eigenvalue weighted by Gasteiger charge is 2.36. The standard InChI is InChI=1S/C23H34N6O/c1-23(2,3)19-16-29(15-18(30-19)17-8-6-5-7-9-17)21-14-20(25-22(24)26-21)28-12-10-27(4)11-13-28/h5-9,14,18-19H,10-13,15-16H2,1-4H3,(H2,24,25,26)/t18-,19+/m0/s1. The van der Waals surface area contributed by atoms with Crippen LogP contribution in [-0.2, 0) is 4.74 Å². The maximum atomic E-state index is 6.55. The first-order chi connectivity index (χ1) is 14.3. The molecule has 2 atom stereocenters. The van der Waals surface area contributed by atoms with Gasteiger partial charge in [-0.1, -0.05) is 51.1 Å². The molecular weight excluding hydrogens is 376 g/mol. The molecule has 2 fully saturated rings. The van der Waals surface area contributed by atoms with E-state index in [1.165, 1.54) is 5.56 Å². The van der Waals surface area contributed by atoms with Crippen LogP contribution in [-0.4, -0.2) is 67.3 Å². The van der Waals surface area contributed by atoms with Crippen LogP contribution in [0.15, 0.2) is 36.4 Å². The number of rotatable bonds is 3. The van der Waals surface area contributed by atoms with E-state index in [0.717, 1.165) is 50.9 Å². The van der Waals surface area contributed by atoms with Crippen LogP contribution in [0.2, 0.25) is 0 Å². The van der Waals surface area contributed by atoms with Gasteiger partial charge in [0.05, 0.1) is 6.10 Å². The molecule has 2 aliphatic rings. The highest BCUT2D eigenvalue weighted by Crippen LogP contribution is 2.35. The quantitative estimate of drug-likeness (QED) is 0.834. The summed E-state index contributed by atoms with van der Waals surface area (Å²) in [5.41, 5.74) is 7.36. The van der Waals surface area contributed by atoms with E-state index >= 15 is 0 Å². The first kappa shape index (κ1) is 20.9. The number of likely N-dealkylation sites (N-methyl/N-ethyl adjacent to an activating group) is 1. The Kier molecular flexibility index (Phi) is 5.84. The van der Waals surface area contributed by atoms with Crippen molar-refractivity contribution in [1.82, 2.24) is 14.9 Å². The van der Waals surface area contributed by atoms with E-state index in [9.17, 15) is 0 Å². The number of hydrogen-bond acceptors (Lipinski definition) is 7. The van der Waals surface area contributed by atoms with Crippen molar-refractivity contribution in [3.8, 4) is 0 Å². The van der Waals surface area contributed by atoms with Crippen LogP contribution in [0.4, 0.5) is 17.6 Å². The summed E-state index contributed by atoms with van der Waals surface area (Å²) < 4.78 is 6.55. The highest BCUT2D eigenvalue weighted by atomic mass is 16.5. The highest BCUT2D eigenvalue weighted by molar-refractivity contribution is 5.55. The molecule has 1 aromatic heterocycles. The van der Waals surface area contributed by atoms with Crippen LogP contribution in [0.1, 0.15) is 32.4 Å². The summed E-state index contributed by atoms with van der Waals surface area (Å²) in [5.74, 6) is 2.13. The summed E-state index contributed by atoms with van der Waals surface area (Å²) in [5, 5.41) is 0. The molecule has 1 aromatic carbocycles. The second kappa shape index (κ2) is 8.40. The molecule has 7 nitrogen and oxygen atoms in total. The molecule has 7 heteroatoms. The molecule has 0 bridgehead atoms. The minimum atomic E-state index is -0.00699. The van der Waals surface area contributed by atoms with Gasteiger partial charge >= 0.3 is 0 Å². The van der Waals surface area contributed by atoms with Gasteiger partial charge in [0.1, 0.15) is 17.7 Å². The predicted molar refractivity (Wildman–Crippen MR) is 122 cm³/mol. The largest absolute Gasteiger partial charge is 0.368 e. The van der Waals surface area contributed by atoms with Crippen LogP contribution in [0.25, 0.3) is 0 Å². The van der Waals surface area contributed by atoms with Crippen LogP contribution in [0.5, 0.6) is 0 Å². The van der Waals surface area contributed by atoms with E-state index in [-0.39, 0.29) is 17.6 Å². The van der Waals surface area contributed by atoms with Gasteiger partial charge in [0.15, 0.2) is 0 Å². The van der Waals surface area contributed by atoms with Crippen LogP contribution >= 0.6 is 0 Å². The Labute approximate surface area is 179 Å². The lowest BCUT2D eigenvalue weighted by molar-refractivity contribution is -0.0792. The Morgan fingerprint density at radius 3 is 2.20 bits per heavy atom. The van der Waals surface area contributed by atoms with Gasteiger partial charge in [0.2, 0.25) is 5.95 Å². The van der Waals surface area contributed by atoms with E-state index < -0.39 is 0 Å². The smallest absolute Gasteiger partial charge is 0.223 e. The molecule has 2 aromatic rings. The summed E-state index contributed by atoms with van der Waals surface area (Å²) >= 11 is 0. The van der Waals surface area contributed by atoms with Crippen molar-refractivity contribution in [2.45, 2.75) is 33.0 Å². The summed E-state index contributed by atoms with van der Waals surface area (Å²) in [6.07, 6.45) is 0.0761. The fraction of sp³-hybridized carbons (Fsp3) is 0.565. The lowest BCUT2D eigenvalue weighted by atomic mass is 9.87. The van der Waals surface area contributed by atoms with Gasteiger partial charge < -0.3 is 25.2 Å². The van der Waals surface area contributed by atoms with Crippen molar-refractivity contribution in [2.24, 2.45) is 5.41 Å². The minimum absolute atomic E-state index is 0.00699. The average Bonchev–Trinajstić information content (AvgIpc) is 2.73. The van der Waals surface area contributed by atoms with Crippen molar-refractivity contribution in [2.75, 3.05) is 61.8 Å². The van der Waals surface area contributed by atoms with Crippen molar-refractivity contribution in [1.29, 1.82) is 0 Å². The summed E-state index contributed by atoms with van der Waals surface area (Å²) in [6, 6.07) is 12.5. The topological polar surface area (TPSA) is 70.8 Å². The molecule has 30 heavy (non-hydrogen) atoms. The average molecular weight is 411 g/mol. The fourth-order valence-electron chi connectivity index (χ4n) is 4.08. The SMILES string of the molecule is CN1CCN(c2cc(N3C[C@@H](c4ccccc4)O[C@@H](C(C)(C)C)C3)nc(N)n2)CC1. The second-order valence-corrected chi connectivity index (χ2v) is 9.53. The molecule has 3 heterocycles. The maximum Gasteiger partial charge on any atom is 0.223 e. The van der Waals surface area contributed by atoms with Gasteiger partial charge in [-0.3, -0.25) is 0 Å². The number of piperazine rings is 1. The Morgan fingerprint density at radius 2 is 1.57 bits per heavy atom. The van der Waals surface area contributed by atoms with Crippen molar-refractivity contribution < 1.29 is 4.74 Å². The van der Waals surface area contributed by atoms with Crippen molar-refractivity contribution in [3.05, 3.63) is 42.0 Å². The monoisotopic (exact) mass is 410 g/mol. The van der Waals surface area contributed by atoms with Crippen LogP contribution < -0.4 is 15.5 Å². The third-order valence-electron chi connectivity index (χ3n) is 6.11. The molecule has 0 amide bonds. The molecule has 2 aliphatic heterocycles. The third kappa shape index (κ3) is 4.68. The van der Waals surface area contributed by atoms with E-state index in [2.05, 4.69) is 82.8 Å². The summed E-state index contributed by atoms with van der Waals surface area (Å²) in [7, 11) is 2.15. The minimum Gasteiger partial charge on any atom is -0.368 e. The first-order valence-electron chi connectivity index (χ1n) is 10.8. The number of anilines is 3.